The molecule has 1 fully saturated rings. The molecule has 2 aromatic rings. The van der Waals surface area contributed by atoms with Crippen molar-refractivity contribution < 1.29 is 18.7 Å². The van der Waals surface area contributed by atoms with E-state index < -0.39 is 0 Å². The van der Waals surface area contributed by atoms with Crippen molar-refractivity contribution in [1.82, 2.24) is 9.80 Å². The molecule has 1 saturated heterocycles. The Hall–Kier alpha value is -2.60. The highest BCUT2D eigenvalue weighted by Crippen LogP contribution is 2.31. The van der Waals surface area contributed by atoms with Crippen molar-refractivity contribution in [3.8, 4) is 11.5 Å². The monoisotopic (exact) mass is 372 g/mol. The first-order chi connectivity index (χ1) is 13.1. The largest absolute Gasteiger partial charge is 0.493 e. The number of nitrogens with zero attached hydrogens (tertiary/aromatic N) is 2. The minimum Gasteiger partial charge on any atom is -0.493 e. The van der Waals surface area contributed by atoms with Gasteiger partial charge in [-0.15, -0.1) is 0 Å². The molecule has 0 aliphatic carbocycles. The maximum Gasteiger partial charge on any atom is 0.257 e. The molecule has 1 heterocycles. The van der Waals surface area contributed by atoms with E-state index in [1.807, 2.05) is 17.0 Å². The topological polar surface area (TPSA) is 42.0 Å². The lowest BCUT2D eigenvalue weighted by atomic mass is 10.1. The molecule has 3 rings (SSSR count). The van der Waals surface area contributed by atoms with Crippen LogP contribution >= 0.6 is 0 Å². The molecule has 5 nitrogen and oxygen atoms in total. The molecule has 0 atom stereocenters. The van der Waals surface area contributed by atoms with Gasteiger partial charge < -0.3 is 14.4 Å². The van der Waals surface area contributed by atoms with Gasteiger partial charge in [-0.05, 0) is 36.2 Å². The Balaban J connectivity index is 1.67. The van der Waals surface area contributed by atoms with Gasteiger partial charge in [-0.2, -0.15) is 0 Å². The molecule has 1 aliphatic rings. The number of rotatable bonds is 5. The van der Waals surface area contributed by atoms with Crippen LogP contribution in [0.25, 0.3) is 0 Å². The molecule has 144 valence electrons. The standard InChI is InChI=1S/C21H25FN2O3/c1-26-19-6-3-5-18(20(19)27-2)21(25)24-12-4-11-23(13-14-24)15-16-7-9-17(22)10-8-16/h3,5-10H,4,11-15H2,1-2H3. The minimum atomic E-state index is -0.223. The Morgan fingerprint density at radius 3 is 2.48 bits per heavy atom. The summed E-state index contributed by atoms with van der Waals surface area (Å²) < 4.78 is 23.8. The van der Waals surface area contributed by atoms with Crippen LogP contribution in [0.2, 0.25) is 0 Å². The number of methoxy groups -OCH3 is 2. The van der Waals surface area contributed by atoms with E-state index in [-0.39, 0.29) is 11.7 Å². The summed E-state index contributed by atoms with van der Waals surface area (Å²) in [7, 11) is 3.10. The summed E-state index contributed by atoms with van der Waals surface area (Å²) in [6, 6.07) is 11.9. The fourth-order valence-electron chi connectivity index (χ4n) is 3.41. The van der Waals surface area contributed by atoms with Crippen molar-refractivity contribution in [3.05, 3.63) is 59.4 Å². The van der Waals surface area contributed by atoms with Crippen LogP contribution in [0.3, 0.4) is 0 Å². The first-order valence-corrected chi connectivity index (χ1v) is 9.09. The number of ether oxygens (including phenoxy) is 2. The highest BCUT2D eigenvalue weighted by molar-refractivity contribution is 5.97. The Morgan fingerprint density at radius 2 is 1.78 bits per heavy atom. The van der Waals surface area contributed by atoms with Crippen LogP contribution in [-0.4, -0.2) is 56.1 Å². The highest BCUT2D eigenvalue weighted by Gasteiger charge is 2.24. The van der Waals surface area contributed by atoms with E-state index >= 15 is 0 Å². The van der Waals surface area contributed by atoms with Gasteiger partial charge in [0, 0.05) is 32.7 Å². The van der Waals surface area contributed by atoms with Crippen LogP contribution in [0.4, 0.5) is 4.39 Å². The van der Waals surface area contributed by atoms with E-state index in [1.54, 1.807) is 32.4 Å². The van der Waals surface area contributed by atoms with E-state index in [0.717, 1.165) is 31.6 Å². The maximum absolute atomic E-state index is 13.1. The molecule has 0 bridgehead atoms. The van der Waals surface area contributed by atoms with Crippen molar-refractivity contribution in [2.24, 2.45) is 0 Å². The summed E-state index contributed by atoms with van der Waals surface area (Å²) in [5.41, 5.74) is 1.59. The lowest BCUT2D eigenvalue weighted by Crippen LogP contribution is -2.35. The number of carbonyl (C=O) groups is 1. The third kappa shape index (κ3) is 4.57. The maximum atomic E-state index is 13.1. The average molecular weight is 372 g/mol. The molecule has 6 heteroatoms. The van der Waals surface area contributed by atoms with Crippen LogP contribution in [-0.2, 0) is 6.54 Å². The van der Waals surface area contributed by atoms with Gasteiger partial charge in [-0.3, -0.25) is 9.69 Å². The lowest BCUT2D eigenvalue weighted by Gasteiger charge is -2.23. The number of hydrogen-bond donors (Lipinski definition) is 0. The molecule has 0 spiro atoms. The fourth-order valence-corrected chi connectivity index (χ4v) is 3.41. The predicted octanol–water partition coefficient (Wildman–Crippen LogP) is 3.19. The second-order valence-electron chi connectivity index (χ2n) is 6.59. The van der Waals surface area contributed by atoms with Crippen LogP contribution in [0, 0.1) is 5.82 Å². The Labute approximate surface area is 159 Å². The normalized spacial score (nSPS) is 15.3. The quantitative estimate of drug-likeness (QED) is 0.808. The third-order valence-corrected chi connectivity index (χ3v) is 4.83. The highest BCUT2D eigenvalue weighted by atomic mass is 19.1. The fraction of sp³-hybridized carbons (Fsp3) is 0.381. The zero-order valence-electron chi connectivity index (χ0n) is 15.8. The van der Waals surface area contributed by atoms with E-state index in [9.17, 15) is 9.18 Å². The Kier molecular flexibility index (Phi) is 6.29. The number of amides is 1. The molecule has 0 saturated carbocycles. The molecule has 0 radical (unpaired) electrons. The van der Waals surface area contributed by atoms with E-state index in [1.165, 1.54) is 12.1 Å². The number of para-hydroxylation sites is 1. The van der Waals surface area contributed by atoms with Crippen molar-refractivity contribution in [1.29, 1.82) is 0 Å². The molecule has 0 unspecified atom stereocenters. The summed E-state index contributed by atoms with van der Waals surface area (Å²) in [5, 5.41) is 0. The molecule has 0 N–H and O–H groups in total. The van der Waals surface area contributed by atoms with Gasteiger partial charge in [0.05, 0.1) is 19.8 Å². The molecule has 1 aliphatic heterocycles. The Morgan fingerprint density at radius 1 is 1.00 bits per heavy atom. The van der Waals surface area contributed by atoms with Crippen LogP contribution in [0.15, 0.2) is 42.5 Å². The molecular formula is C21H25FN2O3. The summed E-state index contributed by atoms with van der Waals surface area (Å²) in [5.74, 6) is 0.751. The SMILES string of the molecule is COc1cccc(C(=O)N2CCCN(Cc3ccc(F)cc3)CC2)c1OC. The summed E-state index contributed by atoms with van der Waals surface area (Å²) in [4.78, 5) is 17.2. The molecule has 27 heavy (non-hydrogen) atoms. The van der Waals surface area contributed by atoms with Crippen LogP contribution in [0.1, 0.15) is 22.3 Å². The Bertz CT molecular complexity index is 779. The number of benzene rings is 2. The molecule has 1 amide bonds. The van der Waals surface area contributed by atoms with Crippen molar-refractivity contribution in [2.45, 2.75) is 13.0 Å². The minimum absolute atomic E-state index is 0.0469. The first-order valence-electron chi connectivity index (χ1n) is 9.09. The van der Waals surface area contributed by atoms with Crippen molar-refractivity contribution >= 4 is 5.91 Å². The number of halogens is 1. The number of hydrogen-bond acceptors (Lipinski definition) is 4. The van der Waals surface area contributed by atoms with Gasteiger partial charge >= 0.3 is 0 Å². The van der Waals surface area contributed by atoms with E-state index in [0.29, 0.717) is 30.2 Å². The smallest absolute Gasteiger partial charge is 0.257 e. The molecule has 0 aromatic heterocycles. The second-order valence-corrected chi connectivity index (χ2v) is 6.59. The van der Waals surface area contributed by atoms with Gasteiger partial charge in [0.2, 0.25) is 0 Å². The average Bonchev–Trinajstić information content (AvgIpc) is 2.94. The summed E-state index contributed by atoms with van der Waals surface area (Å²) >= 11 is 0. The van der Waals surface area contributed by atoms with Crippen LogP contribution < -0.4 is 9.47 Å². The van der Waals surface area contributed by atoms with Gasteiger partial charge in [0.15, 0.2) is 11.5 Å². The van der Waals surface area contributed by atoms with Gasteiger partial charge in [-0.25, -0.2) is 4.39 Å². The van der Waals surface area contributed by atoms with Crippen LogP contribution in [0.5, 0.6) is 11.5 Å². The van der Waals surface area contributed by atoms with Crippen molar-refractivity contribution in [3.63, 3.8) is 0 Å². The van der Waals surface area contributed by atoms with Gasteiger partial charge in [0.1, 0.15) is 5.82 Å². The van der Waals surface area contributed by atoms with E-state index in [4.69, 9.17) is 9.47 Å². The van der Waals surface area contributed by atoms with Gasteiger partial charge in [0.25, 0.3) is 5.91 Å². The summed E-state index contributed by atoms with van der Waals surface area (Å²) in [6.45, 7) is 3.76. The van der Waals surface area contributed by atoms with Gasteiger partial charge in [-0.1, -0.05) is 18.2 Å². The molecular weight excluding hydrogens is 347 g/mol. The number of carbonyl (C=O) groups excluding carboxylic acids is 1. The second kappa shape index (κ2) is 8.86. The summed E-state index contributed by atoms with van der Waals surface area (Å²) in [6.07, 6.45) is 0.888. The predicted molar refractivity (Wildman–Crippen MR) is 102 cm³/mol. The first kappa shape index (κ1) is 19.2. The van der Waals surface area contributed by atoms with E-state index in [2.05, 4.69) is 4.90 Å². The van der Waals surface area contributed by atoms with Crippen molar-refractivity contribution in [2.75, 3.05) is 40.4 Å². The zero-order chi connectivity index (χ0) is 19.2. The lowest BCUT2D eigenvalue weighted by molar-refractivity contribution is 0.0757. The zero-order valence-corrected chi connectivity index (χ0v) is 15.8. The third-order valence-electron chi connectivity index (χ3n) is 4.83. The molecule has 2 aromatic carbocycles.